The van der Waals surface area contributed by atoms with Crippen LogP contribution in [0.3, 0.4) is 0 Å². The van der Waals surface area contributed by atoms with Crippen LogP contribution in [0.25, 0.3) is 6.08 Å². The van der Waals surface area contributed by atoms with E-state index < -0.39 is 11.8 Å². The van der Waals surface area contributed by atoms with Gasteiger partial charge in [0.05, 0.1) is 6.61 Å². The summed E-state index contributed by atoms with van der Waals surface area (Å²) in [5.41, 5.74) is 2.05. The highest BCUT2D eigenvalue weighted by Crippen LogP contribution is 2.33. The Balaban J connectivity index is 1.96. The molecule has 7 heteroatoms. The van der Waals surface area contributed by atoms with Crippen LogP contribution in [0.5, 0.6) is 11.5 Å². The molecule has 0 saturated heterocycles. The van der Waals surface area contributed by atoms with E-state index in [1.807, 2.05) is 31.2 Å². The van der Waals surface area contributed by atoms with Gasteiger partial charge in [-0.15, -0.1) is 6.58 Å². The van der Waals surface area contributed by atoms with Crippen LogP contribution in [0.4, 0.5) is 0 Å². The molecule has 1 heterocycles. The smallest absolute Gasteiger partial charge is 0.271 e. The van der Waals surface area contributed by atoms with Gasteiger partial charge in [0.2, 0.25) is 0 Å². The van der Waals surface area contributed by atoms with E-state index in [9.17, 15) is 14.9 Å². The molecule has 0 saturated carbocycles. The van der Waals surface area contributed by atoms with Crippen molar-refractivity contribution in [2.45, 2.75) is 20.5 Å². The van der Waals surface area contributed by atoms with Crippen molar-refractivity contribution in [3.63, 3.8) is 0 Å². The van der Waals surface area contributed by atoms with Gasteiger partial charge in [-0.25, -0.2) is 0 Å². The highest BCUT2D eigenvalue weighted by atomic mass is 35.5. The number of hydrogen-bond acceptors (Lipinski definition) is 5. The molecule has 1 aliphatic heterocycles. The first-order chi connectivity index (χ1) is 15.9. The molecule has 0 bridgehead atoms. The summed E-state index contributed by atoms with van der Waals surface area (Å²) in [5.74, 6) is -0.0607. The highest BCUT2D eigenvalue weighted by molar-refractivity contribution is 6.31. The van der Waals surface area contributed by atoms with Gasteiger partial charge < -0.3 is 9.47 Å². The Morgan fingerprint density at radius 1 is 1.12 bits per heavy atom. The molecule has 0 atom stereocenters. The summed E-state index contributed by atoms with van der Waals surface area (Å²) in [5, 5.41) is 10.1. The molecule has 0 radical (unpaired) electrons. The molecule has 33 heavy (non-hydrogen) atoms. The van der Waals surface area contributed by atoms with E-state index >= 15 is 0 Å². The standard InChI is InChI=1S/C26H23ClN2O4/c1-4-12-29-25(30)20(17(3)21(15-28)26(29)31)13-18-10-11-23(24(14-18)32-5-2)33-16-19-8-6-7-9-22(19)27/h4,6-11,13-14H,1,5,12,16H2,2-3H3/b20-13+. The van der Waals surface area contributed by atoms with Crippen molar-refractivity contribution in [3.8, 4) is 17.6 Å². The van der Waals surface area contributed by atoms with Crippen LogP contribution in [0.2, 0.25) is 5.02 Å². The number of halogens is 1. The van der Waals surface area contributed by atoms with Gasteiger partial charge in [-0.1, -0.05) is 41.9 Å². The first-order valence-electron chi connectivity index (χ1n) is 10.3. The molecule has 0 aromatic heterocycles. The summed E-state index contributed by atoms with van der Waals surface area (Å²) in [6.07, 6.45) is 3.08. The summed E-state index contributed by atoms with van der Waals surface area (Å²) in [6, 6.07) is 14.6. The predicted octanol–water partition coefficient (Wildman–Crippen LogP) is 5.10. The summed E-state index contributed by atoms with van der Waals surface area (Å²) < 4.78 is 11.7. The van der Waals surface area contributed by atoms with Gasteiger partial charge in [-0.3, -0.25) is 14.5 Å². The van der Waals surface area contributed by atoms with E-state index in [4.69, 9.17) is 21.1 Å². The van der Waals surface area contributed by atoms with Gasteiger partial charge in [-0.2, -0.15) is 5.26 Å². The van der Waals surface area contributed by atoms with Gasteiger partial charge in [0.15, 0.2) is 11.5 Å². The lowest BCUT2D eigenvalue weighted by molar-refractivity contribution is -0.139. The number of imide groups is 1. The lowest BCUT2D eigenvalue weighted by Gasteiger charge is -2.26. The third kappa shape index (κ3) is 5.16. The van der Waals surface area contributed by atoms with Gasteiger partial charge in [-0.05, 0) is 49.3 Å². The maximum atomic E-state index is 12.9. The first-order valence-corrected chi connectivity index (χ1v) is 10.7. The number of benzene rings is 2. The van der Waals surface area contributed by atoms with E-state index in [0.717, 1.165) is 10.5 Å². The van der Waals surface area contributed by atoms with E-state index in [-0.39, 0.29) is 24.3 Å². The molecule has 0 spiro atoms. The molecule has 2 aromatic carbocycles. The van der Waals surface area contributed by atoms with Crippen LogP contribution in [0.15, 0.2) is 71.8 Å². The molecule has 1 aliphatic rings. The zero-order valence-electron chi connectivity index (χ0n) is 18.4. The van der Waals surface area contributed by atoms with Gasteiger partial charge >= 0.3 is 0 Å². The van der Waals surface area contributed by atoms with Crippen molar-refractivity contribution in [2.75, 3.05) is 13.2 Å². The Morgan fingerprint density at radius 2 is 1.88 bits per heavy atom. The quantitative estimate of drug-likeness (QED) is 0.310. The van der Waals surface area contributed by atoms with Gasteiger partial charge in [0, 0.05) is 22.7 Å². The number of carbonyl (C=O) groups excluding carboxylic acids is 2. The van der Waals surface area contributed by atoms with Crippen molar-refractivity contribution in [1.82, 2.24) is 4.90 Å². The Hall–Kier alpha value is -3.82. The predicted molar refractivity (Wildman–Crippen MR) is 127 cm³/mol. The third-order valence-electron chi connectivity index (χ3n) is 5.06. The Kier molecular flexibility index (Phi) is 7.70. The SMILES string of the molecule is C=CCN1C(=O)C(C#N)=C(C)/C(=C\c2ccc(OCc3ccccc3Cl)c(OCC)c2)C1=O. The van der Waals surface area contributed by atoms with Crippen LogP contribution in [-0.2, 0) is 16.2 Å². The van der Waals surface area contributed by atoms with Crippen LogP contribution in [-0.4, -0.2) is 29.9 Å². The van der Waals surface area contributed by atoms with Gasteiger partial charge in [0.1, 0.15) is 18.2 Å². The molecule has 0 unspecified atom stereocenters. The second kappa shape index (κ2) is 10.7. The molecule has 168 valence electrons. The number of carbonyl (C=O) groups is 2. The number of nitrogens with zero attached hydrogens (tertiary/aromatic N) is 2. The molecule has 3 rings (SSSR count). The molecule has 2 amide bonds. The number of nitriles is 1. The number of ether oxygens (including phenoxy) is 2. The normalized spacial score (nSPS) is 15.0. The lowest BCUT2D eigenvalue weighted by Crippen LogP contribution is -2.42. The van der Waals surface area contributed by atoms with E-state index in [1.165, 1.54) is 6.08 Å². The highest BCUT2D eigenvalue weighted by Gasteiger charge is 2.34. The van der Waals surface area contributed by atoms with Crippen LogP contribution in [0.1, 0.15) is 25.0 Å². The zero-order valence-corrected chi connectivity index (χ0v) is 19.2. The molecular formula is C26H23ClN2O4. The van der Waals surface area contributed by atoms with Gasteiger partial charge in [0.25, 0.3) is 11.8 Å². The van der Waals surface area contributed by atoms with Crippen molar-refractivity contribution in [1.29, 1.82) is 5.26 Å². The second-order valence-electron chi connectivity index (χ2n) is 7.20. The third-order valence-corrected chi connectivity index (χ3v) is 5.43. The Bertz CT molecular complexity index is 1210. The number of amides is 2. The van der Waals surface area contributed by atoms with Crippen molar-refractivity contribution in [3.05, 3.63) is 88.0 Å². The minimum absolute atomic E-state index is 0.0203. The maximum Gasteiger partial charge on any atom is 0.271 e. The summed E-state index contributed by atoms with van der Waals surface area (Å²) >= 11 is 6.21. The zero-order chi connectivity index (χ0) is 24.0. The van der Waals surface area contributed by atoms with E-state index in [0.29, 0.717) is 34.3 Å². The summed E-state index contributed by atoms with van der Waals surface area (Å²) in [7, 11) is 0. The molecule has 0 aliphatic carbocycles. The second-order valence-corrected chi connectivity index (χ2v) is 7.61. The number of rotatable bonds is 8. The Labute approximate surface area is 198 Å². The average molecular weight is 463 g/mol. The van der Waals surface area contributed by atoms with E-state index in [2.05, 4.69) is 6.58 Å². The summed E-state index contributed by atoms with van der Waals surface area (Å²) in [4.78, 5) is 26.4. The summed E-state index contributed by atoms with van der Waals surface area (Å²) in [6.45, 7) is 7.74. The minimum atomic E-state index is -0.615. The molecular weight excluding hydrogens is 440 g/mol. The topological polar surface area (TPSA) is 79.6 Å². The average Bonchev–Trinajstić information content (AvgIpc) is 2.80. The minimum Gasteiger partial charge on any atom is -0.490 e. The Morgan fingerprint density at radius 3 is 2.55 bits per heavy atom. The molecule has 0 N–H and O–H groups in total. The fourth-order valence-electron chi connectivity index (χ4n) is 3.36. The van der Waals surface area contributed by atoms with E-state index in [1.54, 1.807) is 37.3 Å². The number of hydrogen-bond donors (Lipinski definition) is 0. The van der Waals surface area contributed by atoms with Crippen molar-refractivity contribution < 1.29 is 19.1 Å². The largest absolute Gasteiger partial charge is 0.490 e. The fraction of sp³-hybridized carbons (Fsp3) is 0.192. The lowest BCUT2D eigenvalue weighted by atomic mass is 9.93. The van der Waals surface area contributed by atoms with Crippen LogP contribution < -0.4 is 9.47 Å². The molecule has 2 aromatic rings. The molecule has 0 fully saturated rings. The van der Waals surface area contributed by atoms with Crippen molar-refractivity contribution in [2.24, 2.45) is 0 Å². The monoisotopic (exact) mass is 462 g/mol. The maximum absolute atomic E-state index is 12.9. The molecule has 6 nitrogen and oxygen atoms in total. The fourth-order valence-corrected chi connectivity index (χ4v) is 3.55. The van der Waals surface area contributed by atoms with Crippen LogP contribution >= 0.6 is 11.6 Å². The first kappa shape index (κ1) is 23.8. The van der Waals surface area contributed by atoms with Crippen molar-refractivity contribution >= 4 is 29.5 Å². The van der Waals surface area contributed by atoms with Crippen LogP contribution in [0, 0.1) is 11.3 Å².